The summed E-state index contributed by atoms with van der Waals surface area (Å²) in [6.07, 6.45) is -4.40. The van der Waals surface area contributed by atoms with E-state index in [-0.39, 0.29) is 5.91 Å². The van der Waals surface area contributed by atoms with Crippen molar-refractivity contribution >= 4 is 16.7 Å². The molecule has 192 valence electrons. The molecule has 0 atom stereocenters. The molecular formula is C31H31F3N2O. The summed E-state index contributed by atoms with van der Waals surface area (Å²) in [5, 5.41) is 2.26. The van der Waals surface area contributed by atoms with E-state index < -0.39 is 11.7 Å². The predicted molar refractivity (Wildman–Crippen MR) is 143 cm³/mol. The molecule has 4 aromatic rings. The third kappa shape index (κ3) is 6.20. The Morgan fingerprint density at radius 3 is 2.16 bits per heavy atom. The number of nitrogens with zero attached hydrogens (tertiary/aromatic N) is 2. The van der Waals surface area contributed by atoms with Crippen molar-refractivity contribution in [2.75, 3.05) is 20.1 Å². The van der Waals surface area contributed by atoms with Crippen LogP contribution in [0.5, 0.6) is 0 Å². The Morgan fingerprint density at radius 1 is 0.784 bits per heavy atom. The first kappa shape index (κ1) is 26.4. The highest BCUT2D eigenvalue weighted by Crippen LogP contribution is 2.32. The fourth-order valence-electron chi connectivity index (χ4n) is 4.57. The van der Waals surface area contributed by atoms with Crippen LogP contribution in [-0.4, -0.2) is 35.8 Å². The van der Waals surface area contributed by atoms with Gasteiger partial charge in [0.2, 0.25) is 0 Å². The van der Waals surface area contributed by atoms with Crippen molar-refractivity contribution in [3.8, 4) is 11.1 Å². The molecule has 0 fully saturated rings. The molecule has 3 nitrogen and oxygen atoms in total. The fraction of sp³-hybridized carbons (Fsp3) is 0.258. The van der Waals surface area contributed by atoms with Gasteiger partial charge >= 0.3 is 6.18 Å². The standard InChI is InChI=1S/C31H31F3N2O/c1-4-36(5-2)20-22-12-17-29-26(18-22)9-6-10-27(29)21-35(3)30(37)24-15-13-23(14-16-24)25-8-7-11-28(19-25)31(32,33)34/h6-19H,4-5,20-21H2,1-3H3. The van der Waals surface area contributed by atoms with E-state index in [1.54, 1.807) is 42.3 Å². The fourth-order valence-corrected chi connectivity index (χ4v) is 4.57. The Hall–Kier alpha value is -3.64. The molecule has 0 aliphatic carbocycles. The van der Waals surface area contributed by atoms with Crippen LogP contribution >= 0.6 is 0 Å². The van der Waals surface area contributed by atoms with E-state index in [1.165, 1.54) is 11.6 Å². The van der Waals surface area contributed by atoms with Crippen LogP contribution in [0.25, 0.3) is 21.9 Å². The lowest BCUT2D eigenvalue weighted by molar-refractivity contribution is -0.137. The molecule has 4 rings (SSSR count). The van der Waals surface area contributed by atoms with Crippen molar-refractivity contribution < 1.29 is 18.0 Å². The number of amides is 1. The number of hydrogen-bond acceptors (Lipinski definition) is 2. The Balaban J connectivity index is 1.49. The maximum Gasteiger partial charge on any atom is 0.416 e. The molecular weight excluding hydrogens is 473 g/mol. The molecule has 0 spiro atoms. The zero-order valence-electron chi connectivity index (χ0n) is 21.3. The van der Waals surface area contributed by atoms with E-state index in [1.807, 2.05) is 12.1 Å². The molecule has 0 N–H and O–H groups in total. The van der Waals surface area contributed by atoms with Gasteiger partial charge < -0.3 is 4.90 Å². The molecule has 0 saturated heterocycles. The van der Waals surface area contributed by atoms with Crippen molar-refractivity contribution in [1.82, 2.24) is 9.80 Å². The second-order valence-corrected chi connectivity index (χ2v) is 9.25. The molecule has 0 aliphatic rings. The van der Waals surface area contributed by atoms with Gasteiger partial charge in [-0.05, 0) is 76.4 Å². The van der Waals surface area contributed by atoms with Crippen molar-refractivity contribution in [3.63, 3.8) is 0 Å². The monoisotopic (exact) mass is 504 g/mol. The Labute approximate surface area is 216 Å². The van der Waals surface area contributed by atoms with Crippen molar-refractivity contribution in [2.24, 2.45) is 0 Å². The van der Waals surface area contributed by atoms with Crippen LogP contribution in [0.3, 0.4) is 0 Å². The topological polar surface area (TPSA) is 23.6 Å². The first-order valence-electron chi connectivity index (χ1n) is 12.5. The minimum absolute atomic E-state index is 0.147. The van der Waals surface area contributed by atoms with Gasteiger partial charge in [0.05, 0.1) is 5.56 Å². The van der Waals surface area contributed by atoms with Gasteiger partial charge in [-0.25, -0.2) is 0 Å². The number of hydrogen-bond donors (Lipinski definition) is 0. The summed E-state index contributed by atoms with van der Waals surface area (Å²) < 4.78 is 39.2. The zero-order chi connectivity index (χ0) is 26.6. The Morgan fingerprint density at radius 2 is 1.49 bits per heavy atom. The van der Waals surface area contributed by atoms with Gasteiger partial charge in [-0.1, -0.05) is 68.4 Å². The predicted octanol–water partition coefficient (Wildman–Crippen LogP) is 7.64. The highest BCUT2D eigenvalue weighted by atomic mass is 19.4. The minimum Gasteiger partial charge on any atom is -0.337 e. The average molecular weight is 505 g/mol. The van der Waals surface area contributed by atoms with Crippen LogP contribution in [0.15, 0.2) is 84.9 Å². The Kier molecular flexibility index (Phi) is 7.98. The van der Waals surface area contributed by atoms with Gasteiger partial charge in [-0.2, -0.15) is 13.2 Å². The van der Waals surface area contributed by atoms with E-state index in [4.69, 9.17) is 0 Å². The summed E-state index contributed by atoms with van der Waals surface area (Å²) >= 11 is 0. The molecule has 6 heteroatoms. The Bertz CT molecular complexity index is 1380. The van der Waals surface area contributed by atoms with E-state index in [2.05, 4.69) is 43.0 Å². The molecule has 0 aliphatic heterocycles. The minimum atomic E-state index is -4.40. The van der Waals surface area contributed by atoms with E-state index in [9.17, 15) is 18.0 Å². The molecule has 0 saturated carbocycles. The van der Waals surface area contributed by atoms with Crippen LogP contribution in [0.2, 0.25) is 0 Å². The third-order valence-electron chi connectivity index (χ3n) is 6.75. The highest BCUT2D eigenvalue weighted by molar-refractivity contribution is 5.95. The van der Waals surface area contributed by atoms with E-state index >= 15 is 0 Å². The second-order valence-electron chi connectivity index (χ2n) is 9.25. The van der Waals surface area contributed by atoms with Crippen molar-refractivity contribution in [1.29, 1.82) is 0 Å². The number of carbonyl (C=O) groups excluding carboxylic acids is 1. The summed E-state index contributed by atoms with van der Waals surface area (Å²) in [4.78, 5) is 17.2. The summed E-state index contributed by atoms with van der Waals surface area (Å²) in [6, 6.07) is 24.5. The lowest BCUT2D eigenvalue weighted by Gasteiger charge is -2.20. The van der Waals surface area contributed by atoms with E-state index in [0.29, 0.717) is 23.2 Å². The highest BCUT2D eigenvalue weighted by Gasteiger charge is 2.30. The maximum absolute atomic E-state index is 13.1. The summed E-state index contributed by atoms with van der Waals surface area (Å²) in [7, 11) is 1.76. The number of fused-ring (bicyclic) bond motifs is 1. The molecule has 0 radical (unpaired) electrons. The molecule has 4 aromatic carbocycles. The number of alkyl halides is 3. The molecule has 1 amide bonds. The van der Waals surface area contributed by atoms with Crippen LogP contribution in [0.1, 0.15) is 40.9 Å². The maximum atomic E-state index is 13.1. The van der Waals surface area contributed by atoms with Crippen LogP contribution < -0.4 is 0 Å². The first-order chi connectivity index (χ1) is 17.7. The van der Waals surface area contributed by atoms with E-state index in [0.717, 1.165) is 48.1 Å². The van der Waals surface area contributed by atoms with Gasteiger partial charge in [0.1, 0.15) is 0 Å². The zero-order valence-corrected chi connectivity index (χ0v) is 21.3. The first-order valence-corrected chi connectivity index (χ1v) is 12.5. The molecule has 0 aromatic heterocycles. The molecule has 37 heavy (non-hydrogen) atoms. The third-order valence-corrected chi connectivity index (χ3v) is 6.75. The normalized spacial score (nSPS) is 11.8. The largest absolute Gasteiger partial charge is 0.416 e. The SMILES string of the molecule is CCN(CC)Cc1ccc2c(CN(C)C(=O)c3ccc(-c4cccc(C(F)(F)F)c4)cc3)cccc2c1. The van der Waals surface area contributed by atoms with Crippen LogP contribution in [0, 0.1) is 0 Å². The lowest BCUT2D eigenvalue weighted by atomic mass is 10.0. The summed E-state index contributed by atoms with van der Waals surface area (Å²) in [6.45, 7) is 7.68. The number of benzene rings is 4. The second kappa shape index (κ2) is 11.2. The molecule has 0 bridgehead atoms. The summed E-state index contributed by atoms with van der Waals surface area (Å²) in [5.41, 5.74) is 3.19. The van der Waals surface area contributed by atoms with Gasteiger partial charge in [0, 0.05) is 25.7 Å². The van der Waals surface area contributed by atoms with Gasteiger partial charge in [0.25, 0.3) is 5.91 Å². The molecule has 0 unspecified atom stereocenters. The van der Waals surface area contributed by atoms with Crippen molar-refractivity contribution in [2.45, 2.75) is 33.1 Å². The van der Waals surface area contributed by atoms with Crippen molar-refractivity contribution in [3.05, 3.63) is 107 Å². The van der Waals surface area contributed by atoms with Gasteiger partial charge in [-0.15, -0.1) is 0 Å². The molecule has 0 heterocycles. The van der Waals surface area contributed by atoms with Crippen LogP contribution in [-0.2, 0) is 19.3 Å². The smallest absolute Gasteiger partial charge is 0.337 e. The average Bonchev–Trinajstić information content (AvgIpc) is 2.91. The van der Waals surface area contributed by atoms with Gasteiger partial charge in [0.15, 0.2) is 0 Å². The quantitative estimate of drug-likeness (QED) is 0.246. The summed E-state index contributed by atoms with van der Waals surface area (Å²) in [5.74, 6) is -0.147. The lowest BCUT2D eigenvalue weighted by Crippen LogP contribution is -2.26. The number of halogens is 3. The van der Waals surface area contributed by atoms with Gasteiger partial charge in [-0.3, -0.25) is 9.69 Å². The number of carbonyl (C=O) groups is 1. The number of rotatable bonds is 8. The van der Waals surface area contributed by atoms with Crippen LogP contribution in [0.4, 0.5) is 13.2 Å².